The molecule has 1 aliphatic carbocycles. The molecule has 1 heterocycles. The molecule has 1 aromatic heterocycles. The van der Waals surface area contributed by atoms with Crippen molar-refractivity contribution in [2.75, 3.05) is 9.80 Å². The van der Waals surface area contributed by atoms with Crippen molar-refractivity contribution < 1.29 is 5.48 Å². The Hall–Kier alpha value is -10.2. The molecule has 366 valence electrons. The van der Waals surface area contributed by atoms with Crippen LogP contribution in [-0.2, 0) is 5.41 Å². The summed E-state index contributed by atoms with van der Waals surface area (Å²) in [5.41, 5.74) is 14.8. The molecular weight excluding hydrogens is 943 g/mol. The Morgan fingerprint density at radius 1 is 0.295 bits per heavy atom. The molecule has 14 aromatic rings. The van der Waals surface area contributed by atoms with E-state index in [4.69, 9.17) is 0 Å². The van der Waals surface area contributed by atoms with Crippen LogP contribution >= 0.6 is 0 Å². The number of fused-ring (bicyclic) bond motifs is 8. The molecule has 78 heavy (non-hydrogen) atoms. The Balaban J connectivity index is 0.853. The molecule has 0 N–H and O–H groups in total. The van der Waals surface area contributed by atoms with Crippen molar-refractivity contribution in [3.63, 3.8) is 0 Å². The lowest BCUT2D eigenvalue weighted by Crippen LogP contribution is -2.28. The van der Waals surface area contributed by atoms with Crippen molar-refractivity contribution in [2.24, 2.45) is 0 Å². The highest BCUT2D eigenvalue weighted by molar-refractivity contribution is 6.10. The van der Waals surface area contributed by atoms with E-state index in [0.29, 0.717) is 11.3 Å². The smallest absolute Gasteiger partial charge is 0.0714 e. The predicted octanol–water partition coefficient (Wildman–Crippen LogP) is 20.1. The molecule has 1 aliphatic rings. The van der Waals surface area contributed by atoms with Gasteiger partial charge in [-0.15, -0.1) is 0 Å². The molecular formula is C75H51N3. The second-order valence-electron chi connectivity index (χ2n) is 20.2. The number of aromatic nitrogens is 1. The van der Waals surface area contributed by atoms with Gasteiger partial charge in [0.25, 0.3) is 0 Å². The molecule has 0 bridgehead atoms. The minimum Gasteiger partial charge on any atom is -0.310 e. The molecule has 0 fully saturated rings. The van der Waals surface area contributed by atoms with E-state index in [1.165, 1.54) is 16.3 Å². The Morgan fingerprint density at radius 3 is 1.54 bits per heavy atom. The van der Waals surface area contributed by atoms with Crippen LogP contribution in [-0.4, -0.2) is 4.57 Å². The summed E-state index contributed by atoms with van der Waals surface area (Å²) in [6.07, 6.45) is 0. The third-order valence-electron chi connectivity index (χ3n) is 15.8. The van der Waals surface area contributed by atoms with Gasteiger partial charge in [-0.2, -0.15) is 0 Å². The van der Waals surface area contributed by atoms with Crippen LogP contribution in [0.25, 0.3) is 71.3 Å². The van der Waals surface area contributed by atoms with Crippen LogP contribution in [0.4, 0.5) is 34.1 Å². The van der Waals surface area contributed by atoms with Gasteiger partial charge in [0, 0.05) is 50.6 Å². The fourth-order valence-electron chi connectivity index (χ4n) is 12.4. The van der Waals surface area contributed by atoms with Gasteiger partial charge >= 0.3 is 0 Å². The van der Waals surface area contributed by atoms with Crippen LogP contribution in [0.2, 0.25) is 0 Å². The molecule has 0 radical (unpaired) electrons. The third kappa shape index (κ3) is 7.35. The first-order chi connectivity index (χ1) is 40.3. The first-order valence-corrected chi connectivity index (χ1v) is 26.6. The zero-order valence-corrected chi connectivity index (χ0v) is 42.5. The largest absolute Gasteiger partial charge is 0.310 e. The molecule has 0 atom stereocenters. The van der Waals surface area contributed by atoms with Gasteiger partial charge in [-0.3, -0.25) is 0 Å². The maximum atomic E-state index is 9.91. The molecule has 0 unspecified atom stereocenters. The first-order valence-electron chi connectivity index (χ1n) is 28.6. The van der Waals surface area contributed by atoms with Gasteiger partial charge in [0.05, 0.1) is 21.9 Å². The van der Waals surface area contributed by atoms with Crippen LogP contribution in [0.15, 0.2) is 309 Å². The highest BCUT2D eigenvalue weighted by atomic mass is 15.1. The van der Waals surface area contributed by atoms with Gasteiger partial charge in [-0.1, -0.05) is 212 Å². The summed E-state index contributed by atoms with van der Waals surface area (Å²) in [6, 6.07) is 98.9. The Morgan fingerprint density at radius 2 is 0.795 bits per heavy atom. The molecule has 3 nitrogen and oxygen atoms in total. The van der Waals surface area contributed by atoms with Gasteiger partial charge in [-0.05, 0) is 163 Å². The number of para-hydroxylation sites is 3. The number of benzene rings is 13. The van der Waals surface area contributed by atoms with E-state index in [0.717, 1.165) is 88.8 Å². The van der Waals surface area contributed by atoms with Crippen molar-refractivity contribution >= 4 is 77.5 Å². The highest BCUT2D eigenvalue weighted by Crippen LogP contribution is 2.57. The standard InChI is InChI=1S/C75H51N3/c1-5-21-58(22-6-1)75(59-23-7-2-8-24-59)71-31-17-15-29-67(71)68-45-43-65(50-72(68)75)76(60-25-9-3-10-26-60)62-39-35-53(36-40-62)55-33-34-57-49-64(42-38-56(57)47-55)77(63-41-37-52-19-13-14-20-54(52)48-63)66-44-46-70-69-30-16-18-32-73(69)78(74(70)51-66)61-27-11-4-12-28-61/h1-51H/i35D,36D,39D,40D. The molecule has 0 saturated heterocycles. The Labute approximate surface area is 460 Å². The number of nitrogens with zero attached hydrogens (tertiary/aromatic N) is 3. The zero-order chi connectivity index (χ0) is 55.1. The molecule has 15 rings (SSSR count). The SMILES string of the molecule is [2H]c1c([2H])c(N(c2ccccc2)c2ccc3c(c2)C(c2ccccc2)(c2ccccc2)c2ccccc2-3)c([2H])c([2H])c1-c1ccc2cc(N(c3ccc4ccccc4c3)c3ccc4c5ccccc5n(-c5ccccc5)c4c3)ccc2c1. The van der Waals surface area contributed by atoms with Crippen molar-refractivity contribution in [1.82, 2.24) is 4.57 Å². The minimum absolute atomic E-state index is 0.116. The fourth-order valence-corrected chi connectivity index (χ4v) is 12.4. The number of rotatable bonds is 10. The van der Waals surface area contributed by atoms with E-state index < -0.39 is 5.41 Å². The van der Waals surface area contributed by atoms with Gasteiger partial charge in [-0.25, -0.2) is 0 Å². The fraction of sp³-hybridized carbons (Fsp3) is 0.0133. The van der Waals surface area contributed by atoms with Crippen LogP contribution in [0, 0.1) is 0 Å². The van der Waals surface area contributed by atoms with Crippen molar-refractivity contribution in [3.05, 3.63) is 332 Å². The number of hydrogen-bond donors (Lipinski definition) is 0. The van der Waals surface area contributed by atoms with E-state index in [9.17, 15) is 5.48 Å². The van der Waals surface area contributed by atoms with E-state index in [2.05, 4.69) is 234 Å². The predicted molar refractivity (Wildman–Crippen MR) is 328 cm³/mol. The van der Waals surface area contributed by atoms with Crippen molar-refractivity contribution in [2.45, 2.75) is 5.41 Å². The van der Waals surface area contributed by atoms with E-state index >= 15 is 0 Å². The minimum atomic E-state index is -0.684. The normalized spacial score (nSPS) is 13.2. The van der Waals surface area contributed by atoms with Crippen molar-refractivity contribution in [1.29, 1.82) is 0 Å². The summed E-state index contributed by atoms with van der Waals surface area (Å²) in [5.74, 6) is 0. The third-order valence-corrected chi connectivity index (χ3v) is 15.8. The summed E-state index contributed by atoms with van der Waals surface area (Å²) in [4.78, 5) is 4.21. The van der Waals surface area contributed by atoms with Gasteiger partial charge in [0.2, 0.25) is 0 Å². The van der Waals surface area contributed by atoms with Crippen LogP contribution < -0.4 is 9.80 Å². The van der Waals surface area contributed by atoms with Gasteiger partial charge < -0.3 is 14.4 Å². The summed E-state index contributed by atoms with van der Waals surface area (Å²) in [7, 11) is 0. The maximum Gasteiger partial charge on any atom is 0.0714 e. The molecule has 0 aliphatic heterocycles. The first kappa shape index (κ1) is 41.1. The van der Waals surface area contributed by atoms with Crippen LogP contribution in [0.1, 0.15) is 27.7 Å². The lowest BCUT2D eigenvalue weighted by atomic mass is 9.67. The average Bonchev–Trinajstić information content (AvgIpc) is 4.22. The Kier molecular flexibility index (Phi) is 9.77. The molecule has 0 spiro atoms. The quantitative estimate of drug-likeness (QED) is 0.135. The van der Waals surface area contributed by atoms with E-state index in [1.54, 1.807) is 0 Å². The van der Waals surface area contributed by atoms with E-state index in [1.807, 2.05) is 65.6 Å². The second kappa shape index (κ2) is 18.6. The summed E-state index contributed by atoms with van der Waals surface area (Å²) < 4.78 is 41.8. The summed E-state index contributed by atoms with van der Waals surface area (Å²) >= 11 is 0. The lowest BCUT2D eigenvalue weighted by molar-refractivity contribution is 0.768. The zero-order valence-electron chi connectivity index (χ0n) is 46.5. The molecule has 13 aromatic carbocycles. The van der Waals surface area contributed by atoms with Crippen LogP contribution in [0.5, 0.6) is 0 Å². The average molecular weight is 998 g/mol. The van der Waals surface area contributed by atoms with Gasteiger partial charge in [0.15, 0.2) is 0 Å². The molecule has 3 heteroatoms. The number of hydrogen-bond acceptors (Lipinski definition) is 2. The van der Waals surface area contributed by atoms with Crippen LogP contribution in [0.3, 0.4) is 0 Å². The highest BCUT2D eigenvalue weighted by Gasteiger charge is 2.46. The second-order valence-corrected chi connectivity index (χ2v) is 20.2. The molecule has 0 saturated carbocycles. The van der Waals surface area contributed by atoms with E-state index in [-0.39, 0.29) is 35.4 Å². The number of anilines is 6. The summed E-state index contributed by atoms with van der Waals surface area (Å²) in [5, 5.41) is 6.54. The molecule has 0 amide bonds. The lowest BCUT2D eigenvalue weighted by Gasteiger charge is -2.35. The topological polar surface area (TPSA) is 11.4 Å². The Bertz CT molecular complexity index is 4740. The van der Waals surface area contributed by atoms with Crippen molar-refractivity contribution in [3.8, 4) is 27.9 Å². The van der Waals surface area contributed by atoms with Gasteiger partial charge in [0.1, 0.15) is 0 Å². The summed E-state index contributed by atoms with van der Waals surface area (Å²) in [6.45, 7) is 0. The monoisotopic (exact) mass is 997 g/mol. The maximum absolute atomic E-state index is 9.91.